The molecule has 0 aromatic carbocycles. The summed E-state index contributed by atoms with van der Waals surface area (Å²) in [5.41, 5.74) is -0.436. The van der Waals surface area contributed by atoms with Gasteiger partial charge in [0.15, 0.2) is 0 Å². The van der Waals surface area contributed by atoms with Gasteiger partial charge in [-0.3, -0.25) is 9.59 Å². The van der Waals surface area contributed by atoms with Gasteiger partial charge in [0.25, 0.3) is 0 Å². The molecule has 2 unspecified atom stereocenters. The number of nitrogens with one attached hydrogen (secondary N) is 1. The number of carbonyl (C=O) groups excluding carboxylic acids is 1. The lowest BCUT2D eigenvalue weighted by molar-refractivity contribution is -0.140. The van der Waals surface area contributed by atoms with Gasteiger partial charge in [0.05, 0.1) is 24.5 Å². The molecule has 0 aliphatic heterocycles. The highest BCUT2D eigenvalue weighted by molar-refractivity contribution is 5.91. The van der Waals surface area contributed by atoms with Crippen molar-refractivity contribution in [3.05, 3.63) is 0 Å². The standard InChI is InChI=1S/C12H21NO4/c1-7(2)17-6-5-13-10(14)8-9(11(15)16)12(8,3)4/h7-9H,5-6H2,1-4H3,(H,13,14)(H,15,16). The van der Waals surface area contributed by atoms with E-state index in [2.05, 4.69) is 5.32 Å². The Morgan fingerprint density at radius 1 is 1.35 bits per heavy atom. The van der Waals surface area contributed by atoms with Crippen LogP contribution in [0.25, 0.3) is 0 Å². The van der Waals surface area contributed by atoms with Crippen molar-refractivity contribution in [1.82, 2.24) is 5.32 Å². The molecule has 1 amide bonds. The number of hydrogen-bond donors (Lipinski definition) is 2. The summed E-state index contributed by atoms with van der Waals surface area (Å²) in [6.45, 7) is 8.34. The van der Waals surface area contributed by atoms with Crippen LogP contribution in [0.15, 0.2) is 0 Å². The maximum absolute atomic E-state index is 11.8. The highest BCUT2D eigenvalue weighted by Gasteiger charge is 2.65. The number of carbonyl (C=O) groups is 2. The first-order chi connectivity index (χ1) is 7.78. The fourth-order valence-electron chi connectivity index (χ4n) is 2.17. The fourth-order valence-corrected chi connectivity index (χ4v) is 2.17. The molecule has 0 spiro atoms. The average molecular weight is 243 g/mol. The Labute approximate surface area is 102 Å². The quantitative estimate of drug-likeness (QED) is 0.679. The Balaban J connectivity index is 2.33. The normalized spacial score (nSPS) is 25.7. The van der Waals surface area contributed by atoms with E-state index in [-0.39, 0.29) is 12.0 Å². The molecule has 5 heteroatoms. The minimum absolute atomic E-state index is 0.135. The molecule has 0 aromatic rings. The molecule has 2 atom stereocenters. The summed E-state index contributed by atoms with van der Waals surface area (Å²) >= 11 is 0. The second kappa shape index (κ2) is 5.04. The summed E-state index contributed by atoms with van der Waals surface area (Å²) in [6.07, 6.45) is 0.135. The summed E-state index contributed by atoms with van der Waals surface area (Å²) < 4.78 is 5.29. The molecule has 17 heavy (non-hydrogen) atoms. The molecule has 0 heterocycles. The molecule has 1 saturated carbocycles. The lowest BCUT2D eigenvalue weighted by atomic mass is 10.1. The van der Waals surface area contributed by atoms with E-state index in [9.17, 15) is 9.59 Å². The van der Waals surface area contributed by atoms with Gasteiger partial charge in [-0.2, -0.15) is 0 Å². The Kier molecular flexibility index (Phi) is 4.14. The molecule has 0 bridgehead atoms. The van der Waals surface area contributed by atoms with E-state index >= 15 is 0 Å². The van der Waals surface area contributed by atoms with Crippen molar-refractivity contribution in [3.63, 3.8) is 0 Å². The maximum atomic E-state index is 11.8. The molecule has 1 aliphatic rings. The molecular formula is C12H21NO4. The number of rotatable bonds is 6. The van der Waals surface area contributed by atoms with Crippen LogP contribution in [0, 0.1) is 17.3 Å². The van der Waals surface area contributed by atoms with Crippen LogP contribution in [-0.4, -0.2) is 36.2 Å². The second-order valence-corrected chi connectivity index (χ2v) is 5.33. The summed E-state index contributed by atoms with van der Waals surface area (Å²) in [4.78, 5) is 22.7. The summed E-state index contributed by atoms with van der Waals surface area (Å²) in [7, 11) is 0. The highest BCUT2D eigenvalue weighted by Crippen LogP contribution is 2.58. The van der Waals surface area contributed by atoms with Crippen molar-refractivity contribution >= 4 is 11.9 Å². The van der Waals surface area contributed by atoms with Crippen LogP contribution in [0.1, 0.15) is 27.7 Å². The summed E-state index contributed by atoms with van der Waals surface area (Å²) in [5, 5.41) is 11.7. The van der Waals surface area contributed by atoms with E-state index in [1.165, 1.54) is 0 Å². The number of carboxylic acid groups (broad SMARTS) is 1. The number of hydrogen-bond acceptors (Lipinski definition) is 3. The number of carboxylic acids is 1. The Morgan fingerprint density at radius 2 is 1.94 bits per heavy atom. The number of aliphatic carboxylic acids is 1. The Hall–Kier alpha value is -1.10. The highest BCUT2D eigenvalue weighted by atomic mass is 16.5. The lowest BCUT2D eigenvalue weighted by Crippen LogP contribution is -2.31. The first-order valence-electron chi connectivity index (χ1n) is 5.90. The summed E-state index contributed by atoms with van der Waals surface area (Å²) in [5.74, 6) is -2.06. The molecule has 2 N–H and O–H groups in total. The van der Waals surface area contributed by atoms with E-state index in [1.807, 2.05) is 13.8 Å². The molecule has 1 rings (SSSR count). The van der Waals surface area contributed by atoms with Crippen molar-refractivity contribution in [2.75, 3.05) is 13.2 Å². The van der Waals surface area contributed by atoms with Gasteiger partial charge in [0.2, 0.25) is 5.91 Å². The first kappa shape index (κ1) is 14.0. The van der Waals surface area contributed by atoms with Gasteiger partial charge in [-0.05, 0) is 19.3 Å². The van der Waals surface area contributed by atoms with Crippen LogP contribution < -0.4 is 5.32 Å². The van der Waals surface area contributed by atoms with Crippen LogP contribution in [-0.2, 0) is 14.3 Å². The van der Waals surface area contributed by atoms with Gasteiger partial charge in [0.1, 0.15) is 0 Å². The Morgan fingerprint density at radius 3 is 2.35 bits per heavy atom. The first-order valence-corrected chi connectivity index (χ1v) is 5.90. The predicted molar refractivity (Wildman–Crippen MR) is 62.5 cm³/mol. The smallest absolute Gasteiger partial charge is 0.307 e. The van der Waals surface area contributed by atoms with Gasteiger partial charge in [0, 0.05) is 6.54 Å². The Bertz CT molecular complexity index is 312. The zero-order valence-electron chi connectivity index (χ0n) is 10.8. The molecule has 1 aliphatic carbocycles. The summed E-state index contributed by atoms with van der Waals surface area (Å²) in [6, 6.07) is 0. The second-order valence-electron chi connectivity index (χ2n) is 5.33. The molecular weight excluding hydrogens is 222 g/mol. The lowest BCUT2D eigenvalue weighted by Gasteiger charge is -2.09. The van der Waals surface area contributed by atoms with Crippen LogP contribution >= 0.6 is 0 Å². The van der Waals surface area contributed by atoms with Crippen LogP contribution in [0.4, 0.5) is 0 Å². The largest absolute Gasteiger partial charge is 0.481 e. The molecule has 1 fully saturated rings. The van der Waals surface area contributed by atoms with Crippen molar-refractivity contribution < 1.29 is 19.4 Å². The van der Waals surface area contributed by atoms with E-state index in [1.54, 1.807) is 13.8 Å². The topological polar surface area (TPSA) is 75.6 Å². The van der Waals surface area contributed by atoms with Crippen LogP contribution in [0.2, 0.25) is 0 Å². The van der Waals surface area contributed by atoms with E-state index in [4.69, 9.17) is 9.84 Å². The average Bonchev–Trinajstić information content (AvgIpc) is 2.76. The predicted octanol–water partition coefficient (Wildman–Crippen LogP) is 0.884. The van der Waals surface area contributed by atoms with Crippen molar-refractivity contribution in [2.24, 2.45) is 17.3 Å². The zero-order chi connectivity index (χ0) is 13.2. The monoisotopic (exact) mass is 243 g/mol. The van der Waals surface area contributed by atoms with Gasteiger partial charge >= 0.3 is 5.97 Å². The third kappa shape index (κ3) is 3.19. The number of ether oxygens (including phenoxy) is 1. The fraction of sp³-hybridized carbons (Fsp3) is 0.833. The molecule has 5 nitrogen and oxygen atoms in total. The van der Waals surface area contributed by atoms with E-state index in [0.717, 1.165) is 0 Å². The van der Waals surface area contributed by atoms with Crippen molar-refractivity contribution in [1.29, 1.82) is 0 Å². The molecule has 0 radical (unpaired) electrons. The maximum Gasteiger partial charge on any atom is 0.307 e. The van der Waals surface area contributed by atoms with Crippen molar-refractivity contribution in [3.8, 4) is 0 Å². The minimum Gasteiger partial charge on any atom is -0.481 e. The SMILES string of the molecule is CC(C)OCCNC(=O)C1C(C(=O)O)C1(C)C. The van der Waals surface area contributed by atoms with Gasteiger partial charge in [-0.25, -0.2) is 0 Å². The minimum atomic E-state index is -0.895. The van der Waals surface area contributed by atoms with Gasteiger partial charge in [-0.15, -0.1) is 0 Å². The molecule has 98 valence electrons. The zero-order valence-corrected chi connectivity index (χ0v) is 10.8. The van der Waals surface area contributed by atoms with Crippen molar-refractivity contribution in [2.45, 2.75) is 33.8 Å². The van der Waals surface area contributed by atoms with E-state index < -0.39 is 23.2 Å². The number of amides is 1. The van der Waals surface area contributed by atoms with Gasteiger partial charge in [-0.1, -0.05) is 13.8 Å². The molecule has 0 saturated heterocycles. The van der Waals surface area contributed by atoms with Crippen LogP contribution in [0.3, 0.4) is 0 Å². The van der Waals surface area contributed by atoms with E-state index in [0.29, 0.717) is 13.2 Å². The third-order valence-electron chi connectivity index (χ3n) is 3.23. The third-order valence-corrected chi connectivity index (χ3v) is 3.23. The van der Waals surface area contributed by atoms with Gasteiger partial charge < -0.3 is 15.2 Å². The molecule has 0 aromatic heterocycles. The van der Waals surface area contributed by atoms with Crippen LogP contribution in [0.5, 0.6) is 0 Å².